The fourth-order valence-electron chi connectivity index (χ4n) is 2.97. The molecule has 160 valence electrons. The number of allylic oxidation sites excluding steroid dienone is 2. The lowest BCUT2D eigenvalue weighted by atomic mass is 9.91. The fraction of sp³-hybridized carbons (Fsp3) is 0.174. The first-order valence-corrected chi connectivity index (χ1v) is 11.4. The van der Waals surface area contributed by atoms with E-state index >= 15 is 0 Å². The van der Waals surface area contributed by atoms with Crippen molar-refractivity contribution in [1.82, 2.24) is 4.98 Å². The third kappa shape index (κ3) is 5.81. The smallest absolute Gasteiger partial charge is 0.355 e. The largest absolute Gasteiger partial charge is 0.476 e. The van der Waals surface area contributed by atoms with Gasteiger partial charge < -0.3 is 10.8 Å². The second-order valence-corrected chi connectivity index (χ2v) is 8.72. The van der Waals surface area contributed by atoms with Crippen LogP contribution in [0.4, 0.5) is 5.13 Å². The molecule has 0 saturated heterocycles. The molecular formula is C23H24N4O2S2. The summed E-state index contributed by atoms with van der Waals surface area (Å²) < 4.78 is 0. The Hall–Kier alpha value is -2.94. The van der Waals surface area contributed by atoms with Crippen molar-refractivity contribution < 1.29 is 9.90 Å². The number of carboxylic acids is 1. The van der Waals surface area contributed by atoms with Gasteiger partial charge in [0.25, 0.3) is 0 Å². The quantitative estimate of drug-likeness (QED) is 0.326. The molecule has 5 N–H and O–H groups in total. The van der Waals surface area contributed by atoms with Crippen molar-refractivity contribution in [3.05, 3.63) is 88.1 Å². The van der Waals surface area contributed by atoms with Gasteiger partial charge in [0.2, 0.25) is 5.13 Å². The molecule has 0 amide bonds. The van der Waals surface area contributed by atoms with E-state index in [1.807, 2.05) is 68.4 Å². The summed E-state index contributed by atoms with van der Waals surface area (Å²) in [4.78, 5) is 21.1. The molecule has 0 saturated carbocycles. The molecule has 3 aromatic rings. The zero-order chi connectivity index (χ0) is 22.4. The summed E-state index contributed by atoms with van der Waals surface area (Å²) in [6, 6.07) is 17.7. The highest BCUT2D eigenvalue weighted by atomic mass is 32.2. The molecule has 1 aromatic heterocycles. The van der Waals surface area contributed by atoms with Crippen LogP contribution in [0.1, 0.15) is 35.5 Å². The second kappa shape index (κ2) is 10.4. The Labute approximate surface area is 189 Å². The van der Waals surface area contributed by atoms with E-state index < -0.39 is 5.97 Å². The van der Waals surface area contributed by atoms with Gasteiger partial charge in [-0.3, -0.25) is 5.14 Å². The number of thiazole rings is 1. The number of aliphatic imine (C=N–C) groups is 1. The van der Waals surface area contributed by atoms with Crippen LogP contribution in [0.25, 0.3) is 0 Å². The minimum atomic E-state index is -1.07. The molecule has 8 heteroatoms. The number of rotatable bonds is 8. The summed E-state index contributed by atoms with van der Waals surface area (Å²) in [5, 5.41) is 16.7. The molecule has 0 aliphatic carbocycles. The molecular weight excluding hydrogens is 428 g/mol. The van der Waals surface area contributed by atoms with Gasteiger partial charge in [0.15, 0.2) is 5.69 Å². The average Bonchev–Trinajstić information content (AvgIpc) is 3.26. The Balaban J connectivity index is 2.13. The molecule has 31 heavy (non-hydrogen) atoms. The van der Waals surface area contributed by atoms with Gasteiger partial charge in [-0.1, -0.05) is 56.3 Å². The Bertz CT molecular complexity index is 1100. The monoisotopic (exact) mass is 452 g/mol. The van der Waals surface area contributed by atoms with Crippen LogP contribution in [0.15, 0.2) is 81.1 Å². The van der Waals surface area contributed by atoms with E-state index in [1.165, 1.54) is 28.7 Å². The van der Waals surface area contributed by atoms with Gasteiger partial charge in [-0.05, 0) is 35.6 Å². The van der Waals surface area contributed by atoms with Crippen molar-refractivity contribution in [3.8, 4) is 0 Å². The van der Waals surface area contributed by atoms with E-state index in [1.54, 1.807) is 0 Å². The second-order valence-electron chi connectivity index (χ2n) is 7.17. The van der Waals surface area contributed by atoms with Crippen molar-refractivity contribution in [2.24, 2.45) is 21.8 Å². The molecule has 0 radical (unpaired) electrons. The van der Waals surface area contributed by atoms with Crippen LogP contribution in [-0.4, -0.2) is 21.8 Å². The molecule has 3 rings (SSSR count). The molecule has 2 aromatic carbocycles. The first-order chi connectivity index (χ1) is 14.9. The van der Waals surface area contributed by atoms with Gasteiger partial charge in [-0.2, -0.15) is 0 Å². The average molecular weight is 453 g/mol. The zero-order valence-corrected chi connectivity index (χ0v) is 18.9. The number of benzene rings is 2. The maximum absolute atomic E-state index is 11.3. The number of nitrogens with zero attached hydrogens (tertiary/aromatic N) is 2. The fourth-order valence-corrected chi connectivity index (χ4v) is 3.93. The molecule has 0 aliphatic heterocycles. The third-order valence-corrected chi connectivity index (χ3v) is 5.94. The predicted octanol–water partition coefficient (Wildman–Crippen LogP) is 5.04. The lowest BCUT2D eigenvalue weighted by Gasteiger charge is -2.18. The Morgan fingerprint density at radius 2 is 1.84 bits per heavy atom. The van der Waals surface area contributed by atoms with Gasteiger partial charge in [0.05, 0.1) is 5.71 Å². The van der Waals surface area contributed by atoms with Crippen molar-refractivity contribution >= 4 is 40.1 Å². The highest BCUT2D eigenvalue weighted by molar-refractivity contribution is 7.97. The third-order valence-electron chi connectivity index (χ3n) is 4.66. The normalized spacial score (nSPS) is 12.7. The van der Waals surface area contributed by atoms with Crippen LogP contribution in [0, 0.1) is 5.92 Å². The summed E-state index contributed by atoms with van der Waals surface area (Å²) in [6.07, 6.45) is 0.574. The summed E-state index contributed by atoms with van der Waals surface area (Å²) >= 11 is 2.39. The standard InChI is InChI=1S/C23H24N4O2S2/c1-14(2)20(24)18(12-15-8-10-17(31-25)11-9-15)21(16-6-4-3-5-7-16)27-23-26-19(13-30-23)22(28)29/h3-11,13-14H,12,24-25H2,1-2H3,(H,28,29). The van der Waals surface area contributed by atoms with Crippen LogP contribution in [0.5, 0.6) is 0 Å². The van der Waals surface area contributed by atoms with Crippen LogP contribution in [0.2, 0.25) is 0 Å². The summed E-state index contributed by atoms with van der Waals surface area (Å²) in [7, 11) is 0. The van der Waals surface area contributed by atoms with Gasteiger partial charge in [-0.15, -0.1) is 11.3 Å². The van der Waals surface area contributed by atoms with Crippen LogP contribution >= 0.6 is 23.3 Å². The van der Waals surface area contributed by atoms with Gasteiger partial charge in [0.1, 0.15) is 0 Å². The van der Waals surface area contributed by atoms with Gasteiger partial charge >= 0.3 is 5.97 Å². The molecule has 6 nitrogen and oxygen atoms in total. The van der Waals surface area contributed by atoms with Crippen LogP contribution in [-0.2, 0) is 6.42 Å². The number of aromatic nitrogens is 1. The van der Waals surface area contributed by atoms with E-state index in [4.69, 9.17) is 15.9 Å². The molecule has 0 spiro atoms. The Morgan fingerprint density at radius 1 is 1.16 bits per heavy atom. The molecule has 0 unspecified atom stereocenters. The lowest BCUT2D eigenvalue weighted by Crippen LogP contribution is -2.18. The predicted molar refractivity (Wildman–Crippen MR) is 128 cm³/mol. The van der Waals surface area contributed by atoms with Crippen molar-refractivity contribution in [3.63, 3.8) is 0 Å². The first-order valence-electron chi connectivity index (χ1n) is 9.66. The van der Waals surface area contributed by atoms with Crippen molar-refractivity contribution in [2.45, 2.75) is 25.2 Å². The van der Waals surface area contributed by atoms with E-state index in [9.17, 15) is 9.90 Å². The molecule has 1 heterocycles. The Morgan fingerprint density at radius 3 is 2.39 bits per heavy atom. The van der Waals surface area contributed by atoms with Crippen molar-refractivity contribution in [2.75, 3.05) is 0 Å². The van der Waals surface area contributed by atoms with Gasteiger partial charge in [-0.25, -0.2) is 14.8 Å². The topological polar surface area (TPSA) is 115 Å². The van der Waals surface area contributed by atoms with Crippen molar-refractivity contribution in [1.29, 1.82) is 0 Å². The minimum absolute atomic E-state index is 0.0200. The number of carbonyl (C=O) groups is 1. The number of hydrogen-bond acceptors (Lipinski definition) is 7. The SMILES string of the molecule is CC(C)C(N)=C(Cc1ccc(SN)cc1)C(=Nc1nc(C(=O)O)cs1)c1ccccc1. The summed E-state index contributed by atoms with van der Waals surface area (Å²) in [6.45, 7) is 4.08. The zero-order valence-electron chi connectivity index (χ0n) is 17.3. The molecule has 0 fully saturated rings. The van der Waals surface area contributed by atoms with E-state index in [2.05, 4.69) is 4.98 Å². The summed E-state index contributed by atoms with van der Waals surface area (Å²) in [5.74, 6) is -0.969. The lowest BCUT2D eigenvalue weighted by molar-refractivity contribution is 0.0691. The van der Waals surface area contributed by atoms with Gasteiger partial charge in [0, 0.05) is 33.5 Å². The highest BCUT2D eigenvalue weighted by Gasteiger charge is 2.18. The van der Waals surface area contributed by atoms with E-state index in [0.29, 0.717) is 17.3 Å². The first kappa shape index (κ1) is 22.7. The van der Waals surface area contributed by atoms with E-state index in [-0.39, 0.29) is 11.6 Å². The maximum atomic E-state index is 11.3. The van der Waals surface area contributed by atoms with Crippen LogP contribution < -0.4 is 10.9 Å². The van der Waals surface area contributed by atoms with Crippen LogP contribution in [0.3, 0.4) is 0 Å². The number of aromatic carboxylic acids is 1. The molecule has 0 aliphatic rings. The highest BCUT2D eigenvalue weighted by Crippen LogP contribution is 2.26. The maximum Gasteiger partial charge on any atom is 0.355 e. The number of hydrogen-bond donors (Lipinski definition) is 3. The summed E-state index contributed by atoms with van der Waals surface area (Å²) in [5.41, 5.74) is 10.8. The molecule has 0 bridgehead atoms. The van der Waals surface area contributed by atoms with E-state index in [0.717, 1.165) is 27.3 Å². The number of nitrogens with two attached hydrogens (primary N) is 2. The Kier molecular flexibility index (Phi) is 7.62. The number of carboxylic acid groups (broad SMARTS) is 1. The molecule has 0 atom stereocenters. The minimum Gasteiger partial charge on any atom is -0.476 e.